The van der Waals surface area contributed by atoms with E-state index in [-0.39, 0.29) is 24.9 Å². The summed E-state index contributed by atoms with van der Waals surface area (Å²) in [5.41, 5.74) is -0.835. The van der Waals surface area contributed by atoms with Gasteiger partial charge >= 0.3 is 5.97 Å². The molecule has 0 atom stereocenters. The van der Waals surface area contributed by atoms with Gasteiger partial charge in [-0.05, 0) is 24.9 Å². The van der Waals surface area contributed by atoms with Crippen LogP contribution in [0.2, 0.25) is 0 Å². The van der Waals surface area contributed by atoms with E-state index in [1.807, 2.05) is 0 Å². The number of hydrogen-bond donors (Lipinski definition) is 2. The van der Waals surface area contributed by atoms with E-state index in [0.717, 1.165) is 19.3 Å². The van der Waals surface area contributed by atoms with Gasteiger partial charge in [-0.2, -0.15) is 0 Å². The number of rotatable bonds is 6. The van der Waals surface area contributed by atoms with Crippen LogP contribution in [-0.2, 0) is 9.59 Å². The van der Waals surface area contributed by atoms with E-state index < -0.39 is 11.4 Å². The van der Waals surface area contributed by atoms with Crippen LogP contribution < -0.4 is 10.1 Å². The molecule has 1 amide bonds. The van der Waals surface area contributed by atoms with Crippen LogP contribution in [0, 0.1) is 12.3 Å². The molecular weight excluding hydrogens is 276 g/mol. The first-order valence-electron chi connectivity index (χ1n) is 7.08. The van der Waals surface area contributed by atoms with Gasteiger partial charge in [0, 0.05) is 12.6 Å². The van der Waals surface area contributed by atoms with Gasteiger partial charge in [0.1, 0.15) is 5.76 Å². The number of carbonyl (C=O) groups excluding carboxylic acids is 1. The highest BCUT2D eigenvalue weighted by molar-refractivity contribution is 5.80. The molecule has 0 aromatic carbocycles. The smallest absolute Gasteiger partial charge is 0.311 e. The number of aryl methyl sites for hydroxylation is 1. The average Bonchev–Trinajstić information content (AvgIpc) is 2.89. The van der Waals surface area contributed by atoms with Gasteiger partial charge < -0.3 is 19.7 Å². The summed E-state index contributed by atoms with van der Waals surface area (Å²) < 4.78 is 9.97. The summed E-state index contributed by atoms with van der Waals surface area (Å²) in [6.07, 6.45) is 4.03. The number of nitrogens with zero attached hydrogens (tertiary/aromatic N) is 1. The Morgan fingerprint density at radius 3 is 2.71 bits per heavy atom. The van der Waals surface area contributed by atoms with Crippen molar-refractivity contribution in [3.05, 3.63) is 11.8 Å². The second-order valence-electron chi connectivity index (χ2n) is 5.49. The minimum absolute atomic E-state index is 0.141. The summed E-state index contributed by atoms with van der Waals surface area (Å²) in [5, 5.41) is 15.7. The number of nitrogens with one attached hydrogen (secondary N) is 1. The van der Waals surface area contributed by atoms with Gasteiger partial charge in [-0.25, -0.2) is 0 Å². The van der Waals surface area contributed by atoms with Gasteiger partial charge in [-0.1, -0.05) is 19.3 Å². The van der Waals surface area contributed by atoms with E-state index in [1.54, 1.807) is 13.0 Å². The Balaban J connectivity index is 1.80. The van der Waals surface area contributed by atoms with Crippen LogP contribution in [-0.4, -0.2) is 35.3 Å². The number of carbonyl (C=O) groups is 2. The predicted octanol–water partition coefficient (Wildman–Crippen LogP) is 1.51. The molecule has 1 aromatic rings. The SMILES string of the molecule is Cc1cc(OCC(=O)NCC2(C(=O)O)CCCCC2)no1. The van der Waals surface area contributed by atoms with E-state index in [2.05, 4.69) is 10.5 Å². The Hall–Kier alpha value is -2.05. The van der Waals surface area contributed by atoms with Crippen molar-refractivity contribution in [3.8, 4) is 5.88 Å². The molecule has 7 nitrogen and oxygen atoms in total. The number of carboxylic acid groups (broad SMARTS) is 1. The van der Waals surface area contributed by atoms with Crippen LogP contribution in [0.25, 0.3) is 0 Å². The van der Waals surface area contributed by atoms with E-state index in [1.165, 1.54) is 0 Å². The summed E-state index contributed by atoms with van der Waals surface area (Å²) in [6.45, 7) is 1.66. The zero-order valence-corrected chi connectivity index (χ0v) is 12.1. The van der Waals surface area contributed by atoms with Gasteiger partial charge in [0.25, 0.3) is 11.8 Å². The number of hydrogen-bond acceptors (Lipinski definition) is 5. The predicted molar refractivity (Wildman–Crippen MR) is 72.9 cm³/mol. The summed E-state index contributed by atoms with van der Waals surface area (Å²) >= 11 is 0. The minimum atomic E-state index is -0.837. The molecule has 2 N–H and O–H groups in total. The van der Waals surface area contributed by atoms with Crippen molar-refractivity contribution in [1.82, 2.24) is 10.5 Å². The van der Waals surface area contributed by atoms with E-state index in [0.29, 0.717) is 18.6 Å². The lowest BCUT2D eigenvalue weighted by Gasteiger charge is -2.33. The third-order valence-electron chi connectivity index (χ3n) is 3.85. The largest absolute Gasteiger partial charge is 0.481 e. The number of aliphatic carboxylic acids is 1. The zero-order valence-electron chi connectivity index (χ0n) is 12.1. The van der Waals surface area contributed by atoms with Crippen molar-refractivity contribution in [2.24, 2.45) is 5.41 Å². The van der Waals surface area contributed by atoms with Gasteiger partial charge in [0.05, 0.1) is 5.41 Å². The van der Waals surface area contributed by atoms with Crippen molar-refractivity contribution in [2.45, 2.75) is 39.0 Å². The molecule has 1 aliphatic carbocycles. The molecule has 1 heterocycles. The first kappa shape index (κ1) is 15.3. The molecule has 0 aliphatic heterocycles. The lowest BCUT2D eigenvalue weighted by atomic mass is 9.74. The van der Waals surface area contributed by atoms with Crippen LogP contribution in [0.3, 0.4) is 0 Å². The topological polar surface area (TPSA) is 102 Å². The molecule has 0 unspecified atom stereocenters. The first-order chi connectivity index (χ1) is 10.0. The molecule has 1 aromatic heterocycles. The minimum Gasteiger partial charge on any atom is -0.481 e. The molecule has 7 heteroatoms. The second kappa shape index (κ2) is 6.60. The summed E-state index contributed by atoms with van der Waals surface area (Å²) in [6, 6.07) is 1.58. The van der Waals surface area contributed by atoms with Gasteiger partial charge in [-0.15, -0.1) is 0 Å². The van der Waals surface area contributed by atoms with E-state index in [4.69, 9.17) is 9.26 Å². The lowest BCUT2D eigenvalue weighted by molar-refractivity contribution is -0.151. The number of ether oxygens (including phenoxy) is 1. The van der Waals surface area contributed by atoms with E-state index in [9.17, 15) is 14.7 Å². The van der Waals surface area contributed by atoms with Gasteiger partial charge in [0.15, 0.2) is 6.61 Å². The lowest BCUT2D eigenvalue weighted by Crippen LogP contribution is -2.45. The molecule has 2 rings (SSSR count). The first-order valence-corrected chi connectivity index (χ1v) is 7.08. The van der Waals surface area contributed by atoms with Crippen molar-refractivity contribution >= 4 is 11.9 Å². The van der Waals surface area contributed by atoms with Crippen molar-refractivity contribution in [2.75, 3.05) is 13.2 Å². The Morgan fingerprint density at radius 1 is 1.43 bits per heavy atom. The normalized spacial score (nSPS) is 17.2. The molecular formula is C14H20N2O5. The van der Waals surface area contributed by atoms with Crippen LogP contribution >= 0.6 is 0 Å². The molecule has 1 aliphatic rings. The molecule has 0 radical (unpaired) electrons. The molecule has 0 bridgehead atoms. The van der Waals surface area contributed by atoms with Crippen LogP contribution in [0.15, 0.2) is 10.6 Å². The number of carboxylic acids is 1. The highest BCUT2D eigenvalue weighted by Crippen LogP contribution is 2.35. The molecule has 116 valence electrons. The van der Waals surface area contributed by atoms with E-state index >= 15 is 0 Å². The van der Waals surface area contributed by atoms with Gasteiger partial charge in [0.2, 0.25) is 0 Å². The zero-order chi connectivity index (χ0) is 15.3. The molecule has 0 spiro atoms. The summed E-state index contributed by atoms with van der Waals surface area (Å²) in [7, 11) is 0. The quantitative estimate of drug-likeness (QED) is 0.825. The summed E-state index contributed by atoms with van der Waals surface area (Å²) in [4.78, 5) is 23.2. The number of aromatic nitrogens is 1. The van der Waals surface area contributed by atoms with Gasteiger partial charge in [-0.3, -0.25) is 9.59 Å². The fraction of sp³-hybridized carbons (Fsp3) is 0.643. The fourth-order valence-corrected chi connectivity index (χ4v) is 2.56. The number of amides is 1. The molecule has 1 saturated carbocycles. The Kier molecular flexibility index (Phi) is 4.82. The molecule has 0 saturated heterocycles. The Bertz CT molecular complexity index is 505. The fourth-order valence-electron chi connectivity index (χ4n) is 2.56. The standard InChI is InChI=1S/C14H20N2O5/c1-10-7-12(16-21-10)20-8-11(17)15-9-14(13(18)19)5-3-2-4-6-14/h7H,2-6,8-9H2,1H3,(H,15,17)(H,18,19). The van der Waals surface area contributed by atoms with Crippen LogP contribution in [0.5, 0.6) is 5.88 Å². The monoisotopic (exact) mass is 296 g/mol. The summed E-state index contributed by atoms with van der Waals surface area (Å²) in [5.74, 6) is -0.358. The Morgan fingerprint density at radius 2 is 2.14 bits per heavy atom. The van der Waals surface area contributed by atoms with Crippen molar-refractivity contribution < 1.29 is 24.0 Å². The maximum atomic E-state index is 11.7. The Labute approximate surface area is 122 Å². The maximum Gasteiger partial charge on any atom is 0.311 e. The van der Waals surface area contributed by atoms with Crippen LogP contribution in [0.1, 0.15) is 37.9 Å². The van der Waals surface area contributed by atoms with Crippen LogP contribution in [0.4, 0.5) is 0 Å². The average molecular weight is 296 g/mol. The highest BCUT2D eigenvalue weighted by Gasteiger charge is 2.39. The molecule has 21 heavy (non-hydrogen) atoms. The second-order valence-corrected chi connectivity index (χ2v) is 5.49. The maximum absolute atomic E-state index is 11.7. The highest BCUT2D eigenvalue weighted by atomic mass is 16.5. The molecule has 1 fully saturated rings. The van der Waals surface area contributed by atoms with Crippen molar-refractivity contribution in [3.63, 3.8) is 0 Å². The van der Waals surface area contributed by atoms with Crippen molar-refractivity contribution in [1.29, 1.82) is 0 Å². The third kappa shape index (κ3) is 3.96. The third-order valence-corrected chi connectivity index (χ3v) is 3.85.